The number of benzene rings is 1. The number of amides is 1. The van der Waals surface area contributed by atoms with Gasteiger partial charge in [0.2, 0.25) is 5.91 Å². The van der Waals surface area contributed by atoms with Crippen molar-refractivity contribution in [2.45, 2.75) is 32.2 Å². The number of nitrogens with zero attached hydrogens (tertiary/aromatic N) is 2. The molecule has 0 aliphatic rings. The van der Waals surface area contributed by atoms with E-state index in [2.05, 4.69) is 10.3 Å². The van der Waals surface area contributed by atoms with Crippen molar-refractivity contribution in [3.8, 4) is 0 Å². The van der Waals surface area contributed by atoms with E-state index in [4.69, 9.17) is 23.2 Å². The lowest BCUT2D eigenvalue weighted by atomic mass is 10.2. The first kappa shape index (κ1) is 15.1. The SMILES string of the molecule is CCCNC(=O)C(C)n1c(CCl)nc2cc(Cl)ccc21. The summed E-state index contributed by atoms with van der Waals surface area (Å²) in [6, 6.07) is 5.07. The second-order valence-corrected chi connectivity index (χ2v) is 5.34. The van der Waals surface area contributed by atoms with Gasteiger partial charge in [-0.1, -0.05) is 18.5 Å². The third-order valence-electron chi connectivity index (χ3n) is 3.16. The van der Waals surface area contributed by atoms with Gasteiger partial charge in [-0.2, -0.15) is 0 Å². The van der Waals surface area contributed by atoms with Crippen LogP contribution in [0.2, 0.25) is 5.02 Å². The molecule has 2 aromatic rings. The summed E-state index contributed by atoms with van der Waals surface area (Å²) in [5, 5.41) is 3.51. The molecule has 0 saturated heterocycles. The first-order chi connectivity index (χ1) is 9.58. The fourth-order valence-corrected chi connectivity index (χ4v) is 2.52. The molecule has 0 bridgehead atoms. The molecule has 0 spiro atoms. The maximum absolute atomic E-state index is 12.2. The Labute approximate surface area is 128 Å². The van der Waals surface area contributed by atoms with Gasteiger partial charge in [0.05, 0.1) is 16.9 Å². The van der Waals surface area contributed by atoms with Crippen molar-refractivity contribution >= 4 is 40.1 Å². The highest BCUT2D eigenvalue weighted by molar-refractivity contribution is 6.31. The van der Waals surface area contributed by atoms with Gasteiger partial charge in [0.25, 0.3) is 0 Å². The Morgan fingerprint density at radius 2 is 2.25 bits per heavy atom. The van der Waals surface area contributed by atoms with Gasteiger partial charge in [0.15, 0.2) is 0 Å². The van der Waals surface area contributed by atoms with Crippen molar-refractivity contribution in [2.75, 3.05) is 6.54 Å². The molecule has 108 valence electrons. The summed E-state index contributed by atoms with van der Waals surface area (Å²) in [6.07, 6.45) is 0.904. The Morgan fingerprint density at radius 3 is 2.90 bits per heavy atom. The van der Waals surface area contributed by atoms with E-state index in [-0.39, 0.29) is 17.8 Å². The van der Waals surface area contributed by atoms with Crippen LogP contribution in [0.25, 0.3) is 11.0 Å². The van der Waals surface area contributed by atoms with Gasteiger partial charge < -0.3 is 9.88 Å². The molecular formula is C14H17Cl2N3O. The number of hydrogen-bond acceptors (Lipinski definition) is 2. The maximum atomic E-state index is 12.2. The second kappa shape index (κ2) is 6.46. The zero-order valence-corrected chi connectivity index (χ0v) is 13.0. The van der Waals surface area contributed by atoms with E-state index >= 15 is 0 Å². The number of carbonyl (C=O) groups is 1. The largest absolute Gasteiger partial charge is 0.354 e. The molecule has 0 aliphatic heterocycles. The number of imidazole rings is 1. The number of hydrogen-bond donors (Lipinski definition) is 1. The van der Waals surface area contributed by atoms with Crippen LogP contribution in [0.1, 0.15) is 32.1 Å². The van der Waals surface area contributed by atoms with Crippen molar-refractivity contribution in [3.63, 3.8) is 0 Å². The lowest BCUT2D eigenvalue weighted by Crippen LogP contribution is -2.32. The number of aromatic nitrogens is 2. The summed E-state index contributed by atoms with van der Waals surface area (Å²) >= 11 is 11.9. The van der Waals surface area contributed by atoms with Crippen molar-refractivity contribution in [3.05, 3.63) is 29.0 Å². The van der Waals surface area contributed by atoms with E-state index in [0.29, 0.717) is 17.4 Å². The predicted molar refractivity (Wildman–Crippen MR) is 82.3 cm³/mol. The molecule has 0 radical (unpaired) electrons. The fraction of sp³-hybridized carbons (Fsp3) is 0.429. The van der Waals surface area contributed by atoms with Gasteiger partial charge in [0.1, 0.15) is 11.9 Å². The average molecular weight is 314 g/mol. The van der Waals surface area contributed by atoms with Gasteiger partial charge in [-0.3, -0.25) is 4.79 Å². The standard InChI is InChI=1S/C14H17Cl2N3O/c1-3-6-17-14(20)9(2)19-12-5-4-10(16)7-11(12)18-13(19)8-15/h4-5,7,9H,3,6,8H2,1-2H3,(H,17,20). The van der Waals surface area contributed by atoms with Crippen LogP contribution in [0, 0.1) is 0 Å². The number of carbonyl (C=O) groups excluding carboxylic acids is 1. The predicted octanol–water partition coefficient (Wildman–Crippen LogP) is 3.52. The van der Waals surface area contributed by atoms with Gasteiger partial charge >= 0.3 is 0 Å². The molecule has 6 heteroatoms. The summed E-state index contributed by atoms with van der Waals surface area (Å²) in [4.78, 5) is 16.6. The van der Waals surface area contributed by atoms with Crippen LogP contribution in [0.3, 0.4) is 0 Å². The molecule has 20 heavy (non-hydrogen) atoms. The zero-order valence-electron chi connectivity index (χ0n) is 11.5. The van der Waals surface area contributed by atoms with Gasteiger partial charge in [-0.15, -0.1) is 11.6 Å². The summed E-state index contributed by atoms with van der Waals surface area (Å²) in [5.74, 6) is 0.882. The lowest BCUT2D eigenvalue weighted by molar-refractivity contribution is -0.123. The monoisotopic (exact) mass is 313 g/mol. The van der Waals surface area contributed by atoms with Crippen LogP contribution >= 0.6 is 23.2 Å². The molecular weight excluding hydrogens is 297 g/mol. The van der Waals surface area contributed by atoms with Gasteiger partial charge in [-0.05, 0) is 31.5 Å². The number of halogens is 2. The Bertz CT molecular complexity index is 624. The highest BCUT2D eigenvalue weighted by atomic mass is 35.5. The Morgan fingerprint density at radius 1 is 1.50 bits per heavy atom. The molecule has 1 amide bonds. The molecule has 0 aliphatic carbocycles. The van der Waals surface area contributed by atoms with E-state index in [9.17, 15) is 4.79 Å². The van der Waals surface area contributed by atoms with Crippen LogP contribution in [0.15, 0.2) is 18.2 Å². The van der Waals surface area contributed by atoms with Crippen molar-refractivity contribution in [2.24, 2.45) is 0 Å². The van der Waals surface area contributed by atoms with Gasteiger partial charge in [-0.25, -0.2) is 4.98 Å². The van der Waals surface area contributed by atoms with E-state index < -0.39 is 0 Å². The van der Waals surface area contributed by atoms with Crippen LogP contribution in [-0.2, 0) is 10.7 Å². The van der Waals surface area contributed by atoms with Crippen LogP contribution < -0.4 is 5.32 Å². The van der Waals surface area contributed by atoms with Gasteiger partial charge in [0, 0.05) is 11.6 Å². The third-order valence-corrected chi connectivity index (χ3v) is 3.63. The zero-order chi connectivity index (χ0) is 14.7. The molecule has 2 rings (SSSR count). The Kier molecular flexibility index (Phi) is 4.89. The summed E-state index contributed by atoms with van der Waals surface area (Å²) in [7, 11) is 0. The minimum Gasteiger partial charge on any atom is -0.354 e. The Balaban J connectivity index is 2.43. The highest BCUT2D eigenvalue weighted by Crippen LogP contribution is 2.25. The first-order valence-corrected chi connectivity index (χ1v) is 7.49. The van der Waals surface area contributed by atoms with E-state index in [1.54, 1.807) is 12.1 Å². The number of nitrogens with one attached hydrogen (secondary N) is 1. The smallest absolute Gasteiger partial charge is 0.242 e. The van der Waals surface area contributed by atoms with E-state index in [0.717, 1.165) is 17.5 Å². The second-order valence-electron chi connectivity index (χ2n) is 4.63. The van der Waals surface area contributed by atoms with Crippen molar-refractivity contribution in [1.29, 1.82) is 0 Å². The molecule has 1 N–H and O–H groups in total. The molecule has 1 unspecified atom stereocenters. The first-order valence-electron chi connectivity index (χ1n) is 6.58. The van der Waals surface area contributed by atoms with Crippen molar-refractivity contribution < 1.29 is 4.79 Å². The summed E-state index contributed by atoms with van der Waals surface area (Å²) in [6.45, 7) is 4.53. The molecule has 4 nitrogen and oxygen atoms in total. The molecule has 1 heterocycles. The van der Waals surface area contributed by atoms with Crippen molar-refractivity contribution in [1.82, 2.24) is 14.9 Å². The minimum atomic E-state index is -0.360. The normalized spacial score (nSPS) is 12.6. The molecule has 1 aromatic heterocycles. The highest BCUT2D eigenvalue weighted by Gasteiger charge is 2.20. The maximum Gasteiger partial charge on any atom is 0.242 e. The molecule has 0 saturated carbocycles. The number of alkyl halides is 1. The number of fused-ring (bicyclic) bond motifs is 1. The average Bonchev–Trinajstić information content (AvgIpc) is 2.81. The lowest BCUT2D eigenvalue weighted by Gasteiger charge is -2.16. The molecule has 1 aromatic carbocycles. The van der Waals surface area contributed by atoms with E-state index in [1.807, 2.05) is 24.5 Å². The summed E-state index contributed by atoms with van der Waals surface area (Å²) in [5.41, 5.74) is 1.62. The minimum absolute atomic E-state index is 0.0348. The van der Waals surface area contributed by atoms with Crippen LogP contribution in [0.4, 0.5) is 0 Å². The molecule has 0 fully saturated rings. The topological polar surface area (TPSA) is 46.9 Å². The van der Waals surface area contributed by atoms with E-state index in [1.165, 1.54) is 0 Å². The Hall–Kier alpha value is -1.26. The fourth-order valence-electron chi connectivity index (χ4n) is 2.16. The van der Waals surface area contributed by atoms with Crippen LogP contribution in [0.5, 0.6) is 0 Å². The molecule has 1 atom stereocenters. The third kappa shape index (κ3) is 2.91. The quantitative estimate of drug-likeness (QED) is 0.859. The number of rotatable bonds is 5. The summed E-state index contributed by atoms with van der Waals surface area (Å²) < 4.78 is 1.86. The van der Waals surface area contributed by atoms with Crippen LogP contribution in [-0.4, -0.2) is 22.0 Å².